The van der Waals surface area contributed by atoms with Crippen LogP contribution >= 0.6 is 0 Å². The molecule has 0 amide bonds. The molecule has 0 aromatic carbocycles. The Hall–Kier alpha value is -0.910. The molecule has 1 saturated carbocycles. The van der Waals surface area contributed by atoms with Crippen LogP contribution in [0, 0.1) is 17.8 Å². The lowest BCUT2D eigenvalue weighted by Gasteiger charge is -2.18. The Morgan fingerprint density at radius 1 is 1.26 bits per heavy atom. The van der Waals surface area contributed by atoms with Crippen molar-refractivity contribution in [3.8, 4) is 0 Å². The summed E-state index contributed by atoms with van der Waals surface area (Å²) in [6.45, 7) is 4.06. The van der Waals surface area contributed by atoms with Gasteiger partial charge in [-0.2, -0.15) is 0 Å². The van der Waals surface area contributed by atoms with Crippen LogP contribution in [-0.2, 0) is 14.3 Å². The summed E-state index contributed by atoms with van der Waals surface area (Å²) in [7, 11) is 1.43. The van der Waals surface area contributed by atoms with Crippen LogP contribution in [0.15, 0.2) is 12.2 Å². The molecule has 0 aromatic heterocycles. The first-order valence-electron chi connectivity index (χ1n) is 10.7. The highest BCUT2D eigenvalue weighted by Crippen LogP contribution is 2.45. The zero-order chi connectivity index (χ0) is 19.8. The summed E-state index contributed by atoms with van der Waals surface area (Å²) >= 11 is 0. The van der Waals surface area contributed by atoms with Gasteiger partial charge in [-0.15, -0.1) is 0 Å². The third kappa shape index (κ3) is 6.58. The predicted octanol–water partition coefficient (Wildman–Crippen LogP) is 3.62. The molecule has 2 rings (SSSR count). The van der Waals surface area contributed by atoms with Gasteiger partial charge in [0.1, 0.15) is 0 Å². The standard InChI is InChI=1S/C22H38O5/c1-4-5-6-9-16(23)11-12-18-19-13-17(27-21(19)14-20(18)24)10-7-8-15(2)22(25)26-3/h11-12,15-21,23-24H,4-10,13-14H2,1-3H3/t15?,16?,17?,18-,19-,20-,21-/m1/s1. The second-order valence-electron chi connectivity index (χ2n) is 8.38. The number of hydrogen-bond acceptors (Lipinski definition) is 5. The zero-order valence-electron chi connectivity index (χ0n) is 17.2. The normalized spacial score (nSPS) is 32.6. The fourth-order valence-electron chi connectivity index (χ4n) is 4.56. The molecule has 1 saturated heterocycles. The number of rotatable bonds is 11. The summed E-state index contributed by atoms with van der Waals surface area (Å²) in [5, 5.41) is 20.5. The molecule has 0 radical (unpaired) electrons. The molecular formula is C22H38O5. The van der Waals surface area contributed by atoms with Gasteiger partial charge in [0, 0.05) is 12.3 Å². The molecule has 2 aliphatic rings. The van der Waals surface area contributed by atoms with E-state index in [9.17, 15) is 15.0 Å². The van der Waals surface area contributed by atoms with Crippen molar-refractivity contribution in [2.24, 2.45) is 17.8 Å². The van der Waals surface area contributed by atoms with Crippen LogP contribution in [-0.4, -0.2) is 47.7 Å². The van der Waals surface area contributed by atoms with E-state index < -0.39 is 6.10 Å². The maximum atomic E-state index is 11.5. The smallest absolute Gasteiger partial charge is 0.308 e. The Bertz CT molecular complexity index is 477. The first-order chi connectivity index (χ1) is 13.0. The van der Waals surface area contributed by atoms with E-state index in [0.29, 0.717) is 12.3 Å². The third-order valence-electron chi connectivity index (χ3n) is 6.22. The number of carbonyl (C=O) groups is 1. The summed E-state index contributed by atoms with van der Waals surface area (Å²) in [6.07, 6.45) is 11.9. The van der Waals surface area contributed by atoms with Gasteiger partial charge in [0.15, 0.2) is 0 Å². The lowest BCUT2D eigenvalue weighted by Crippen LogP contribution is -2.19. The fraction of sp³-hybridized carbons (Fsp3) is 0.864. The molecule has 1 aliphatic heterocycles. The number of fused-ring (bicyclic) bond motifs is 1. The van der Waals surface area contributed by atoms with Crippen molar-refractivity contribution in [3.05, 3.63) is 12.2 Å². The summed E-state index contributed by atoms with van der Waals surface area (Å²) in [5.41, 5.74) is 0. The number of esters is 1. The topological polar surface area (TPSA) is 76.0 Å². The Morgan fingerprint density at radius 3 is 2.74 bits per heavy atom. The Kier molecular flexibility index (Phi) is 9.27. The minimum atomic E-state index is -0.416. The molecule has 2 N–H and O–H groups in total. The van der Waals surface area contributed by atoms with Crippen molar-refractivity contribution < 1.29 is 24.5 Å². The van der Waals surface area contributed by atoms with Gasteiger partial charge in [-0.25, -0.2) is 0 Å². The summed E-state index contributed by atoms with van der Waals surface area (Å²) < 4.78 is 10.9. The molecule has 1 aliphatic carbocycles. The van der Waals surface area contributed by atoms with Gasteiger partial charge in [0.2, 0.25) is 0 Å². The highest BCUT2D eigenvalue weighted by Gasteiger charge is 2.47. The van der Waals surface area contributed by atoms with Crippen LogP contribution in [0.25, 0.3) is 0 Å². The van der Waals surface area contributed by atoms with E-state index >= 15 is 0 Å². The van der Waals surface area contributed by atoms with Gasteiger partial charge in [-0.1, -0.05) is 51.7 Å². The first-order valence-corrected chi connectivity index (χ1v) is 10.7. The number of aliphatic hydroxyl groups is 2. The molecule has 2 fully saturated rings. The van der Waals surface area contributed by atoms with E-state index in [4.69, 9.17) is 9.47 Å². The van der Waals surface area contributed by atoms with Crippen molar-refractivity contribution in [1.82, 2.24) is 0 Å². The lowest BCUT2D eigenvalue weighted by atomic mass is 9.88. The van der Waals surface area contributed by atoms with Crippen LogP contribution in [0.1, 0.15) is 71.6 Å². The molecule has 1 heterocycles. The number of hydrogen-bond donors (Lipinski definition) is 2. The average Bonchev–Trinajstić information content (AvgIpc) is 3.15. The average molecular weight is 383 g/mol. The highest BCUT2D eigenvalue weighted by molar-refractivity contribution is 5.71. The van der Waals surface area contributed by atoms with Crippen LogP contribution in [0.5, 0.6) is 0 Å². The maximum Gasteiger partial charge on any atom is 0.308 e. The van der Waals surface area contributed by atoms with Gasteiger partial charge in [-0.3, -0.25) is 4.79 Å². The molecule has 0 bridgehead atoms. The molecule has 5 heteroatoms. The van der Waals surface area contributed by atoms with Crippen LogP contribution in [0.4, 0.5) is 0 Å². The monoisotopic (exact) mass is 382 g/mol. The van der Waals surface area contributed by atoms with E-state index in [2.05, 4.69) is 6.92 Å². The summed E-state index contributed by atoms with van der Waals surface area (Å²) in [6, 6.07) is 0. The Labute approximate surface area is 164 Å². The van der Waals surface area contributed by atoms with E-state index in [1.165, 1.54) is 7.11 Å². The second-order valence-corrected chi connectivity index (χ2v) is 8.38. The number of aliphatic hydroxyl groups excluding tert-OH is 2. The van der Waals surface area contributed by atoms with Gasteiger partial charge in [-0.05, 0) is 31.6 Å². The molecule has 0 spiro atoms. The number of methoxy groups -OCH3 is 1. The molecule has 156 valence electrons. The number of unbranched alkanes of at least 4 members (excludes halogenated alkanes) is 2. The Balaban J connectivity index is 1.76. The third-order valence-corrected chi connectivity index (χ3v) is 6.22. The van der Waals surface area contributed by atoms with Crippen molar-refractivity contribution >= 4 is 5.97 Å². The lowest BCUT2D eigenvalue weighted by molar-refractivity contribution is -0.145. The van der Waals surface area contributed by atoms with Gasteiger partial charge >= 0.3 is 5.97 Å². The number of ether oxygens (including phenoxy) is 2. The van der Waals surface area contributed by atoms with Crippen LogP contribution < -0.4 is 0 Å². The van der Waals surface area contributed by atoms with Crippen molar-refractivity contribution in [3.63, 3.8) is 0 Å². The van der Waals surface area contributed by atoms with Crippen LogP contribution in [0.3, 0.4) is 0 Å². The molecule has 3 unspecified atom stereocenters. The first kappa shape index (κ1) is 22.4. The maximum absolute atomic E-state index is 11.5. The summed E-state index contributed by atoms with van der Waals surface area (Å²) in [5.74, 6) is 0.199. The van der Waals surface area contributed by atoms with E-state index in [-0.39, 0.29) is 36.1 Å². The largest absolute Gasteiger partial charge is 0.469 e. The summed E-state index contributed by atoms with van der Waals surface area (Å²) in [4.78, 5) is 11.5. The molecular weight excluding hydrogens is 344 g/mol. The molecule has 7 atom stereocenters. The minimum absolute atomic E-state index is 0.0670. The van der Waals surface area contributed by atoms with E-state index in [1.54, 1.807) is 0 Å². The van der Waals surface area contributed by atoms with Crippen molar-refractivity contribution in [1.29, 1.82) is 0 Å². The highest BCUT2D eigenvalue weighted by atomic mass is 16.5. The van der Waals surface area contributed by atoms with Crippen LogP contribution in [0.2, 0.25) is 0 Å². The minimum Gasteiger partial charge on any atom is -0.469 e. The Morgan fingerprint density at radius 2 is 2.04 bits per heavy atom. The zero-order valence-corrected chi connectivity index (χ0v) is 17.2. The predicted molar refractivity (Wildman–Crippen MR) is 105 cm³/mol. The van der Waals surface area contributed by atoms with Gasteiger partial charge in [0.25, 0.3) is 0 Å². The van der Waals surface area contributed by atoms with Crippen molar-refractivity contribution in [2.75, 3.05) is 7.11 Å². The van der Waals surface area contributed by atoms with Crippen molar-refractivity contribution in [2.45, 2.75) is 96.1 Å². The second kappa shape index (κ2) is 11.2. The van der Waals surface area contributed by atoms with E-state index in [0.717, 1.165) is 51.4 Å². The van der Waals surface area contributed by atoms with E-state index in [1.807, 2.05) is 19.1 Å². The number of carbonyl (C=O) groups excluding carboxylic acids is 1. The molecule has 27 heavy (non-hydrogen) atoms. The molecule has 0 aromatic rings. The van der Waals surface area contributed by atoms with Gasteiger partial charge < -0.3 is 19.7 Å². The SMILES string of the molecule is CCCCCC(O)C=C[C@@H]1[C@H]2CC(CCCC(C)C(=O)OC)O[C@@H]2C[C@H]1O. The fourth-order valence-corrected chi connectivity index (χ4v) is 4.56. The molecule has 5 nitrogen and oxygen atoms in total. The van der Waals surface area contributed by atoms with Gasteiger partial charge in [0.05, 0.1) is 37.4 Å². The quantitative estimate of drug-likeness (QED) is 0.324.